The second-order valence-electron chi connectivity index (χ2n) is 7.10. The van der Waals surface area contributed by atoms with E-state index in [0.29, 0.717) is 40.1 Å². The molecule has 34 heavy (non-hydrogen) atoms. The molecule has 5 aromatic rings. The minimum Gasteiger partial charge on any atom is -0.494 e. The number of pyridine rings is 1. The molecule has 170 valence electrons. The predicted molar refractivity (Wildman–Crippen MR) is 130 cm³/mol. The first kappa shape index (κ1) is 22.1. The molecule has 8 nitrogen and oxygen atoms in total. The maximum Gasteiger partial charge on any atom is 0.247 e. The maximum atomic E-state index is 5.96. The molecule has 0 bridgehead atoms. The molecule has 3 aromatic heterocycles. The number of benzene rings is 2. The summed E-state index contributed by atoms with van der Waals surface area (Å²) in [7, 11) is 0. The molecule has 0 unspecified atom stereocenters. The second kappa shape index (κ2) is 10.1. The van der Waals surface area contributed by atoms with Gasteiger partial charge in [0.2, 0.25) is 11.8 Å². The lowest BCUT2D eigenvalue weighted by atomic mass is 10.2. The highest BCUT2D eigenvalue weighted by atomic mass is 35.5. The Kier molecular flexibility index (Phi) is 6.55. The number of aromatic nitrogens is 6. The molecule has 10 heteroatoms. The van der Waals surface area contributed by atoms with Crippen LogP contribution in [0.25, 0.3) is 28.5 Å². The van der Waals surface area contributed by atoms with Gasteiger partial charge in [0, 0.05) is 34.2 Å². The number of ether oxygens (including phenoxy) is 1. The minimum absolute atomic E-state index is 0.437. The fraction of sp³-hybridized carbons (Fsp3) is 0.125. The summed E-state index contributed by atoms with van der Waals surface area (Å²) in [5, 5.41) is 18.6. The van der Waals surface area contributed by atoms with E-state index in [4.69, 9.17) is 20.8 Å². The van der Waals surface area contributed by atoms with Gasteiger partial charge in [-0.3, -0.25) is 9.55 Å². The molecule has 2 aromatic carbocycles. The van der Waals surface area contributed by atoms with Gasteiger partial charge in [0.05, 0.1) is 12.4 Å². The van der Waals surface area contributed by atoms with E-state index in [-0.39, 0.29) is 0 Å². The summed E-state index contributed by atoms with van der Waals surface area (Å²) >= 11 is 7.42. The standard InChI is InChI=1S/C24H19ClN6O2S/c1-2-32-20-9-7-19(8-10-20)31-22(16-11-13-26-14-12-16)28-30-24(31)34-15-21-27-29-23(33-21)17-3-5-18(25)6-4-17/h3-14H,2,15H2,1H3. The molecule has 0 saturated carbocycles. The van der Waals surface area contributed by atoms with Crippen LogP contribution in [-0.2, 0) is 5.75 Å². The van der Waals surface area contributed by atoms with Crippen LogP contribution >= 0.6 is 23.4 Å². The molecule has 0 saturated heterocycles. The van der Waals surface area contributed by atoms with Crippen molar-refractivity contribution >= 4 is 23.4 Å². The van der Waals surface area contributed by atoms with Crippen LogP contribution in [0.2, 0.25) is 5.02 Å². The highest BCUT2D eigenvalue weighted by Gasteiger charge is 2.18. The molecule has 0 amide bonds. The molecule has 0 aliphatic heterocycles. The van der Waals surface area contributed by atoms with Gasteiger partial charge in [0.25, 0.3) is 0 Å². The first-order valence-electron chi connectivity index (χ1n) is 10.5. The zero-order chi connectivity index (χ0) is 23.3. The third-order valence-corrected chi connectivity index (χ3v) is 6.03. The van der Waals surface area contributed by atoms with E-state index in [0.717, 1.165) is 22.6 Å². The van der Waals surface area contributed by atoms with Crippen molar-refractivity contribution in [3.63, 3.8) is 0 Å². The van der Waals surface area contributed by atoms with Crippen molar-refractivity contribution in [3.8, 4) is 34.3 Å². The zero-order valence-electron chi connectivity index (χ0n) is 18.1. The average Bonchev–Trinajstić information content (AvgIpc) is 3.52. The third-order valence-electron chi connectivity index (χ3n) is 4.86. The van der Waals surface area contributed by atoms with Crippen LogP contribution in [0.3, 0.4) is 0 Å². The normalized spacial score (nSPS) is 11.0. The number of rotatable bonds is 8. The Morgan fingerprint density at radius 3 is 2.38 bits per heavy atom. The van der Waals surface area contributed by atoms with Crippen LogP contribution in [0.1, 0.15) is 12.8 Å². The average molecular weight is 491 g/mol. The monoisotopic (exact) mass is 490 g/mol. The van der Waals surface area contributed by atoms with Crippen molar-refractivity contribution < 1.29 is 9.15 Å². The highest BCUT2D eigenvalue weighted by Crippen LogP contribution is 2.31. The van der Waals surface area contributed by atoms with E-state index in [1.54, 1.807) is 24.5 Å². The largest absolute Gasteiger partial charge is 0.494 e. The molecule has 0 atom stereocenters. The van der Waals surface area contributed by atoms with Crippen LogP contribution in [0.5, 0.6) is 5.75 Å². The highest BCUT2D eigenvalue weighted by molar-refractivity contribution is 7.98. The van der Waals surface area contributed by atoms with Gasteiger partial charge in [-0.2, -0.15) is 0 Å². The quantitative estimate of drug-likeness (QED) is 0.255. The summed E-state index contributed by atoms with van der Waals surface area (Å²) in [5.41, 5.74) is 2.63. The third kappa shape index (κ3) is 4.80. The van der Waals surface area contributed by atoms with Gasteiger partial charge in [0.1, 0.15) is 5.75 Å². The lowest BCUT2D eigenvalue weighted by molar-refractivity contribution is 0.340. The molecular weight excluding hydrogens is 472 g/mol. The smallest absolute Gasteiger partial charge is 0.247 e. The Labute approximate surface area is 205 Å². The molecule has 0 aliphatic carbocycles. The van der Waals surface area contributed by atoms with Crippen LogP contribution < -0.4 is 4.74 Å². The minimum atomic E-state index is 0.437. The molecule has 0 spiro atoms. The van der Waals surface area contributed by atoms with E-state index < -0.39 is 0 Å². The maximum absolute atomic E-state index is 5.96. The summed E-state index contributed by atoms with van der Waals surface area (Å²) in [6, 6.07) is 18.9. The van der Waals surface area contributed by atoms with Gasteiger partial charge in [-0.25, -0.2) is 0 Å². The Hall–Kier alpha value is -3.69. The molecule has 0 aliphatic rings. The van der Waals surface area contributed by atoms with Crippen molar-refractivity contribution in [1.82, 2.24) is 29.9 Å². The topological polar surface area (TPSA) is 91.8 Å². The van der Waals surface area contributed by atoms with Gasteiger partial charge in [-0.1, -0.05) is 23.4 Å². The number of halogens is 1. The first-order valence-corrected chi connectivity index (χ1v) is 11.9. The van der Waals surface area contributed by atoms with Crippen molar-refractivity contribution in [3.05, 3.63) is 84.0 Å². The Morgan fingerprint density at radius 2 is 1.65 bits per heavy atom. The molecular formula is C24H19ClN6O2S. The van der Waals surface area contributed by atoms with E-state index >= 15 is 0 Å². The Balaban J connectivity index is 1.42. The van der Waals surface area contributed by atoms with E-state index in [9.17, 15) is 0 Å². The van der Waals surface area contributed by atoms with E-state index in [2.05, 4.69) is 25.4 Å². The lowest BCUT2D eigenvalue weighted by Crippen LogP contribution is -2.00. The molecule has 5 rings (SSSR count). The number of hydrogen-bond acceptors (Lipinski definition) is 8. The van der Waals surface area contributed by atoms with Crippen LogP contribution in [0.4, 0.5) is 0 Å². The second-order valence-corrected chi connectivity index (χ2v) is 8.48. The van der Waals surface area contributed by atoms with Crippen molar-refractivity contribution in [2.75, 3.05) is 6.61 Å². The first-order chi connectivity index (χ1) is 16.7. The fourth-order valence-corrected chi connectivity index (χ4v) is 4.20. The molecule has 0 radical (unpaired) electrons. The number of hydrogen-bond donors (Lipinski definition) is 0. The Bertz CT molecular complexity index is 1370. The summed E-state index contributed by atoms with van der Waals surface area (Å²) in [5.74, 6) is 2.88. The van der Waals surface area contributed by atoms with Crippen LogP contribution in [-0.4, -0.2) is 36.6 Å². The lowest BCUT2D eigenvalue weighted by Gasteiger charge is -2.11. The van der Waals surface area contributed by atoms with Gasteiger partial charge >= 0.3 is 0 Å². The summed E-state index contributed by atoms with van der Waals surface area (Å²) < 4.78 is 13.4. The van der Waals surface area contributed by atoms with Crippen LogP contribution in [0, 0.1) is 0 Å². The predicted octanol–water partition coefficient (Wildman–Crippen LogP) is 5.72. The van der Waals surface area contributed by atoms with Crippen LogP contribution in [0.15, 0.2) is 82.6 Å². The van der Waals surface area contributed by atoms with Gasteiger partial charge < -0.3 is 9.15 Å². The zero-order valence-corrected chi connectivity index (χ0v) is 19.7. The SMILES string of the molecule is CCOc1ccc(-n2c(SCc3nnc(-c4ccc(Cl)cc4)o3)nnc2-c2ccncc2)cc1. The summed E-state index contributed by atoms with van der Waals surface area (Å²) in [6.07, 6.45) is 3.46. The number of thioether (sulfide) groups is 1. The van der Waals surface area contributed by atoms with Crippen molar-refractivity contribution in [2.24, 2.45) is 0 Å². The van der Waals surface area contributed by atoms with Gasteiger partial charge in [-0.05, 0) is 67.6 Å². The van der Waals surface area contributed by atoms with E-state index in [1.807, 2.05) is 60.0 Å². The van der Waals surface area contributed by atoms with Gasteiger partial charge in [-0.15, -0.1) is 20.4 Å². The fourth-order valence-electron chi connectivity index (χ4n) is 3.29. The summed E-state index contributed by atoms with van der Waals surface area (Å²) in [6.45, 7) is 2.57. The molecule has 0 fully saturated rings. The van der Waals surface area contributed by atoms with Crippen molar-refractivity contribution in [1.29, 1.82) is 0 Å². The van der Waals surface area contributed by atoms with Crippen molar-refractivity contribution in [2.45, 2.75) is 17.8 Å². The summed E-state index contributed by atoms with van der Waals surface area (Å²) in [4.78, 5) is 4.11. The molecule has 3 heterocycles. The molecule has 0 N–H and O–H groups in total. The Morgan fingerprint density at radius 1 is 0.882 bits per heavy atom. The van der Waals surface area contributed by atoms with E-state index in [1.165, 1.54) is 11.8 Å². The number of nitrogens with zero attached hydrogens (tertiary/aromatic N) is 6. The van der Waals surface area contributed by atoms with Gasteiger partial charge in [0.15, 0.2) is 11.0 Å².